The summed E-state index contributed by atoms with van der Waals surface area (Å²) in [4.78, 5) is 21.3. The smallest absolute Gasteiger partial charge is 0.340 e. The molecule has 0 heterocycles. The van der Waals surface area contributed by atoms with Gasteiger partial charge in [-0.05, 0) is 23.4 Å². The first-order chi connectivity index (χ1) is 6.19. The molecule has 0 fully saturated rings. The number of hydrogen-bond donors (Lipinski definition) is 1. The Balaban J connectivity index is 3.23. The largest absolute Gasteiger partial charge is 0.465 e. The third-order valence-corrected chi connectivity index (χ3v) is 1.52. The van der Waals surface area contributed by atoms with Crippen LogP contribution in [-0.2, 0) is 4.74 Å². The van der Waals surface area contributed by atoms with E-state index in [-0.39, 0.29) is 11.3 Å². The topological polar surface area (TPSA) is 81.8 Å². The summed E-state index contributed by atoms with van der Waals surface area (Å²) in [5, 5.41) is 2.67. The van der Waals surface area contributed by atoms with E-state index in [9.17, 15) is 9.70 Å². The van der Waals surface area contributed by atoms with Gasteiger partial charge in [-0.1, -0.05) is 0 Å². The van der Waals surface area contributed by atoms with Crippen molar-refractivity contribution in [2.45, 2.75) is 0 Å². The van der Waals surface area contributed by atoms with Crippen LogP contribution in [0.15, 0.2) is 23.4 Å². The normalized spacial score (nSPS) is 9.31. The average Bonchev–Trinajstić information content (AvgIpc) is 2.16. The summed E-state index contributed by atoms with van der Waals surface area (Å²) in [5.41, 5.74) is 5.92. The molecule has 0 bridgehead atoms. The van der Waals surface area contributed by atoms with Crippen molar-refractivity contribution in [3.63, 3.8) is 0 Å². The highest BCUT2D eigenvalue weighted by Gasteiger charge is 2.12. The van der Waals surface area contributed by atoms with Gasteiger partial charge in [-0.3, -0.25) is 0 Å². The summed E-state index contributed by atoms with van der Waals surface area (Å²) in [6.07, 6.45) is 0. The molecule has 5 heteroatoms. The Hall–Kier alpha value is -1.91. The minimum atomic E-state index is -0.623. The van der Waals surface area contributed by atoms with E-state index < -0.39 is 5.97 Å². The number of carbonyl (C=O) groups is 1. The van der Waals surface area contributed by atoms with Crippen molar-refractivity contribution in [2.75, 3.05) is 12.8 Å². The molecule has 0 unspecified atom stereocenters. The van der Waals surface area contributed by atoms with E-state index in [0.717, 1.165) is 0 Å². The second-order valence-electron chi connectivity index (χ2n) is 2.36. The van der Waals surface area contributed by atoms with Crippen molar-refractivity contribution in [3.8, 4) is 0 Å². The molecule has 0 amide bonds. The lowest BCUT2D eigenvalue weighted by Gasteiger charge is -2.01. The monoisotopic (exact) mass is 180 g/mol. The van der Waals surface area contributed by atoms with E-state index in [2.05, 4.69) is 9.91 Å². The van der Waals surface area contributed by atoms with Crippen molar-refractivity contribution >= 4 is 17.3 Å². The first-order valence-electron chi connectivity index (χ1n) is 3.50. The minimum Gasteiger partial charge on any atom is -0.465 e. The van der Waals surface area contributed by atoms with Gasteiger partial charge >= 0.3 is 5.97 Å². The summed E-state index contributed by atoms with van der Waals surface area (Å²) in [5.74, 6) is -0.623. The molecule has 0 aromatic heterocycles. The molecule has 5 nitrogen and oxygen atoms in total. The minimum absolute atomic E-state index is 0.0288. The first-order valence-corrected chi connectivity index (χ1v) is 3.50. The van der Waals surface area contributed by atoms with Gasteiger partial charge < -0.3 is 10.5 Å². The third kappa shape index (κ3) is 1.81. The maximum absolute atomic E-state index is 11.1. The molecule has 0 spiro atoms. The van der Waals surface area contributed by atoms with Crippen molar-refractivity contribution in [3.05, 3.63) is 28.7 Å². The van der Waals surface area contributed by atoms with Crippen molar-refractivity contribution in [2.24, 2.45) is 5.18 Å². The Morgan fingerprint density at radius 1 is 1.54 bits per heavy atom. The molecule has 2 N–H and O–H groups in total. The molecule has 0 aliphatic carbocycles. The van der Waals surface area contributed by atoms with Gasteiger partial charge in [0, 0.05) is 5.69 Å². The zero-order valence-electron chi connectivity index (χ0n) is 6.98. The number of benzene rings is 1. The van der Waals surface area contributed by atoms with Gasteiger partial charge in [-0.2, -0.15) is 0 Å². The van der Waals surface area contributed by atoms with Crippen LogP contribution in [0, 0.1) is 4.91 Å². The van der Waals surface area contributed by atoms with Gasteiger partial charge in [0.25, 0.3) is 0 Å². The number of ether oxygens (including phenoxy) is 1. The summed E-state index contributed by atoms with van der Waals surface area (Å²) < 4.78 is 4.44. The van der Waals surface area contributed by atoms with Crippen molar-refractivity contribution in [1.29, 1.82) is 0 Å². The predicted molar refractivity (Wildman–Crippen MR) is 47.6 cm³/mol. The second-order valence-corrected chi connectivity index (χ2v) is 2.36. The molecule has 1 rings (SSSR count). The SMILES string of the molecule is COC(=O)c1cc(N)ccc1N=O. The number of nitrogens with zero attached hydrogens (tertiary/aromatic N) is 1. The van der Waals surface area contributed by atoms with Gasteiger partial charge in [0.15, 0.2) is 0 Å². The molecule has 68 valence electrons. The summed E-state index contributed by atoms with van der Waals surface area (Å²) in [6, 6.07) is 4.21. The Bertz CT molecular complexity index is 349. The number of anilines is 1. The van der Waals surface area contributed by atoms with Gasteiger partial charge in [0.05, 0.1) is 12.7 Å². The quantitative estimate of drug-likeness (QED) is 0.424. The number of hydrogen-bond acceptors (Lipinski definition) is 5. The number of esters is 1. The number of nitrogens with two attached hydrogens (primary N) is 1. The standard InChI is InChI=1S/C8H8N2O3/c1-13-8(11)6-4-5(9)2-3-7(6)10-12/h2-4H,9H2,1H3. The summed E-state index contributed by atoms with van der Waals surface area (Å²) in [7, 11) is 1.22. The van der Waals surface area contributed by atoms with E-state index in [1.807, 2.05) is 0 Å². The van der Waals surface area contributed by atoms with Gasteiger partial charge in [0.2, 0.25) is 0 Å². The van der Waals surface area contributed by atoms with Crippen LogP contribution in [0.1, 0.15) is 10.4 Å². The average molecular weight is 180 g/mol. The molecular formula is C8H8N2O3. The Morgan fingerprint density at radius 3 is 2.77 bits per heavy atom. The molecule has 0 radical (unpaired) electrons. The van der Waals surface area contributed by atoms with Crippen molar-refractivity contribution in [1.82, 2.24) is 0 Å². The lowest BCUT2D eigenvalue weighted by Crippen LogP contribution is -2.02. The first kappa shape index (κ1) is 9.18. The molecule has 0 aliphatic heterocycles. The molecule has 13 heavy (non-hydrogen) atoms. The number of methoxy groups -OCH3 is 1. The van der Waals surface area contributed by atoms with Crippen molar-refractivity contribution < 1.29 is 9.53 Å². The highest BCUT2D eigenvalue weighted by atomic mass is 16.5. The summed E-state index contributed by atoms with van der Waals surface area (Å²) in [6.45, 7) is 0. The maximum atomic E-state index is 11.1. The molecule has 1 aromatic rings. The number of carbonyl (C=O) groups excluding carboxylic acids is 1. The Kier molecular flexibility index (Phi) is 2.59. The van der Waals surface area contributed by atoms with Crippen LogP contribution in [-0.4, -0.2) is 13.1 Å². The number of nitroso groups, excluding NO2 is 1. The van der Waals surface area contributed by atoms with Crippen LogP contribution in [0.4, 0.5) is 11.4 Å². The van der Waals surface area contributed by atoms with E-state index in [4.69, 9.17) is 5.73 Å². The zero-order valence-corrected chi connectivity index (χ0v) is 6.98. The fourth-order valence-corrected chi connectivity index (χ4v) is 0.907. The Morgan fingerprint density at radius 2 is 2.23 bits per heavy atom. The lowest BCUT2D eigenvalue weighted by atomic mass is 10.1. The van der Waals surface area contributed by atoms with Crippen LogP contribution >= 0.6 is 0 Å². The highest BCUT2D eigenvalue weighted by Crippen LogP contribution is 2.22. The van der Waals surface area contributed by atoms with Gasteiger partial charge in [-0.15, -0.1) is 4.91 Å². The highest BCUT2D eigenvalue weighted by molar-refractivity contribution is 5.95. The van der Waals surface area contributed by atoms with Crippen LogP contribution in [0.3, 0.4) is 0 Å². The molecule has 0 saturated heterocycles. The van der Waals surface area contributed by atoms with Crippen LogP contribution in [0.2, 0.25) is 0 Å². The maximum Gasteiger partial charge on any atom is 0.340 e. The van der Waals surface area contributed by atoms with E-state index >= 15 is 0 Å². The van der Waals surface area contributed by atoms with Gasteiger partial charge in [-0.25, -0.2) is 4.79 Å². The fourth-order valence-electron chi connectivity index (χ4n) is 0.907. The third-order valence-electron chi connectivity index (χ3n) is 1.52. The zero-order chi connectivity index (χ0) is 9.84. The Labute approximate surface area is 74.5 Å². The molecule has 0 saturated carbocycles. The van der Waals surface area contributed by atoms with Crippen LogP contribution < -0.4 is 5.73 Å². The fraction of sp³-hybridized carbons (Fsp3) is 0.125. The van der Waals surface area contributed by atoms with E-state index in [0.29, 0.717) is 5.69 Å². The number of nitrogen functional groups attached to an aromatic ring is 1. The van der Waals surface area contributed by atoms with Crippen LogP contribution in [0.25, 0.3) is 0 Å². The molecule has 0 atom stereocenters. The molecule has 1 aromatic carbocycles. The van der Waals surface area contributed by atoms with Crippen LogP contribution in [0.5, 0.6) is 0 Å². The molecule has 0 aliphatic rings. The van der Waals surface area contributed by atoms with E-state index in [1.165, 1.54) is 25.3 Å². The molecular weight excluding hydrogens is 172 g/mol. The summed E-state index contributed by atoms with van der Waals surface area (Å²) >= 11 is 0. The van der Waals surface area contributed by atoms with Gasteiger partial charge in [0.1, 0.15) is 5.69 Å². The lowest BCUT2D eigenvalue weighted by molar-refractivity contribution is 0.0602. The van der Waals surface area contributed by atoms with E-state index in [1.54, 1.807) is 0 Å². The predicted octanol–water partition coefficient (Wildman–Crippen LogP) is 1.45. The second kappa shape index (κ2) is 3.66. The number of rotatable bonds is 2.